The van der Waals surface area contributed by atoms with Crippen LogP contribution in [0.15, 0.2) is 12.1 Å². The number of amides is 1. The van der Waals surface area contributed by atoms with E-state index < -0.39 is 23.1 Å². The summed E-state index contributed by atoms with van der Waals surface area (Å²) in [7, 11) is 0. The summed E-state index contributed by atoms with van der Waals surface area (Å²) in [6.07, 6.45) is 2.80. The molecule has 0 aromatic heterocycles. The second kappa shape index (κ2) is 6.52. The molecular weight excluding hydrogens is 274 g/mol. The summed E-state index contributed by atoms with van der Waals surface area (Å²) in [5.74, 6) is -1.92. The minimum absolute atomic E-state index is 0.0215. The predicted octanol–water partition coefficient (Wildman–Crippen LogP) is 2.86. The zero-order chi connectivity index (χ0) is 15.6. The molecule has 0 saturated heterocycles. The van der Waals surface area contributed by atoms with Crippen molar-refractivity contribution in [3.8, 4) is 0 Å². The van der Waals surface area contributed by atoms with Crippen molar-refractivity contribution < 1.29 is 13.6 Å². The normalized spacial score (nSPS) is 21.6. The highest BCUT2D eigenvalue weighted by Crippen LogP contribution is 2.31. The molecule has 0 aliphatic heterocycles. The molecule has 0 bridgehead atoms. The average molecular weight is 296 g/mol. The van der Waals surface area contributed by atoms with Gasteiger partial charge in [0.2, 0.25) is 0 Å². The van der Waals surface area contributed by atoms with Crippen LogP contribution >= 0.6 is 0 Å². The van der Waals surface area contributed by atoms with Gasteiger partial charge in [-0.3, -0.25) is 4.79 Å². The smallest absolute Gasteiger partial charge is 0.260 e. The molecule has 3 nitrogen and oxygen atoms in total. The number of rotatable bonds is 4. The van der Waals surface area contributed by atoms with Crippen LogP contribution in [0.1, 0.15) is 42.1 Å². The van der Waals surface area contributed by atoms with E-state index in [0.29, 0.717) is 13.1 Å². The van der Waals surface area contributed by atoms with E-state index in [1.807, 2.05) is 6.92 Å². The largest absolute Gasteiger partial charge is 0.335 e. The predicted molar refractivity (Wildman–Crippen MR) is 78.0 cm³/mol. The lowest BCUT2D eigenvalue weighted by molar-refractivity contribution is 0.0642. The van der Waals surface area contributed by atoms with Gasteiger partial charge in [-0.05, 0) is 50.8 Å². The van der Waals surface area contributed by atoms with Crippen LogP contribution in [0.4, 0.5) is 8.78 Å². The molecule has 2 N–H and O–H groups in total. The third-order valence-corrected chi connectivity index (χ3v) is 4.42. The fourth-order valence-electron chi connectivity index (χ4n) is 3.23. The molecule has 0 radical (unpaired) electrons. The van der Waals surface area contributed by atoms with Gasteiger partial charge in [-0.1, -0.05) is 12.5 Å². The first kappa shape index (κ1) is 15.9. The Labute approximate surface area is 124 Å². The molecule has 1 aromatic rings. The van der Waals surface area contributed by atoms with Crippen LogP contribution in [0.2, 0.25) is 0 Å². The Bertz CT molecular complexity index is 533. The summed E-state index contributed by atoms with van der Waals surface area (Å²) < 4.78 is 28.1. The molecule has 1 aliphatic carbocycles. The number of carbonyl (C=O) groups excluding carboxylic acids is 1. The molecule has 1 amide bonds. The van der Waals surface area contributed by atoms with Gasteiger partial charge in [0.1, 0.15) is 17.2 Å². The van der Waals surface area contributed by atoms with E-state index >= 15 is 0 Å². The summed E-state index contributed by atoms with van der Waals surface area (Å²) in [6.45, 7) is 4.27. The van der Waals surface area contributed by atoms with Crippen LogP contribution < -0.4 is 5.73 Å². The van der Waals surface area contributed by atoms with Gasteiger partial charge in [0.05, 0.1) is 0 Å². The molecule has 116 valence electrons. The molecule has 2 rings (SSSR count). The number of benzene rings is 1. The van der Waals surface area contributed by atoms with Gasteiger partial charge in [-0.15, -0.1) is 0 Å². The number of hydrogen-bond donors (Lipinski definition) is 1. The van der Waals surface area contributed by atoms with E-state index in [2.05, 4.69) is 0 Å². The first-order chi connectivity index (χ1) is 10.0. The van der Waals surface area contributed by atoms with Crippen molar-refractivity contribution >= 4 is 5.91 Å². The summed E-state index contributed by atoms with van der Waals surface area (Å²) in [5, 5.41) is 0. The minimum atomic E-state index is -0.802. The molecule has 1 aromatic carbocycles. The number of aryl methyl sites for hydroxylation is 1. The quantitative estimate of drug-likeness (QED) is 0.928. The molecular formula is C16H22F2N2O. The Kier molecular flexibility index (Phi) is 4.93. The van der Waals surface area contributed by atoms with Gasteiger partial charge in [0.15, 0.2) is 0 Å². The van der Waals surface area contributed by atoms with E-state index in [1.165, 1.54) is 13.0 Å². The molecule has 0 spiro atoms. The SMILES string of the molecule is CCN(C(=O)c1c(F)ccc(C)c1F)C1CCCC1CN. The van der Waals surface area contributed by atoms with Crippen molar-refractivity contribution in [1.29, 1.82) is 0 Å². The van der Waals surface area contributed by atoms with Crippen molar-refractivity contribution in [2.24, 2.45) is 11.7 Å². The number of nitrogens with two attached hydrogens (primary N) is 1. The Morgan fingerprint density at radius 2 is 2.10 bits per heavy atom. The monoisotopic (exact) mass is 296 g/mol. The van der Waals surface area contributed by atoms with Crippen molar-refractivity contribution in [3.63, 3.8) is 0 Å². The van der Waals surface area contributed by atoms with E-state index in [0.717, 1.165) is 25.3 Å². The lowest BCUT2D eigenvalue weighted by Gasteiger charge is -2.32. The fraction of sp³-hybridized carbons (Fsp3) is 0.562. The first-order valence-corrected chi connectivity index (χ1v) is 7.46. The van der Waals surface area contributed by atoms with Gasteiger partial charge < -0.3 is 10.6 Å². The zero-order valence-electron chi connectivity index (χ0n) is 12.5. The van der Waals surface area contributed by atoms with Crippen LogP contribution in [0.3, 0.4) is 0 Å². The number of nitrogens with zero attached hydrogens (tertiary/aromatic N) is 1. The van der Waals surface area contributed by atoms with E-state index in [4.69, 9.17) is 5.73 Å². The van der Waals surface area contributed by atoms with Crippen LogP contribution in [0.5, 0.6) is 0 Å². The molecule has 0 heterocycles. The van der Waals surface area contributed by atoms with Gasteiger partial charge in [0, 0.05) is 12.6 Å². The Morgan fingerprint density at radius 3 is 2.71 bits per heavy atom. The Morgan fingerprint density at radius 1 is 1.38 bits per heavy atom. The maximum atomic E-state index is 14.2. The molecule has 5 heteroatoms. The fourth-order valence-corrected chi connectivity index (χ4v) is 3.23. The second-order valence-electron chi connectivity index (χ2n) is 5.64. The zero-order valence-corrected chi connectivity index (χ0v) is 12.5. The molecule has 2 unspecified atom stereocenters. The van der Waals surface area contributed by atoms with Gasteiger partial charge >= 0.3 is 0 Å². The molecule has 21 heavy (non-hydrogen) atoms. The lowest BCUT2D eigenvalue weighted by atomic mass is 10.0. The highest BCUT2D eigenvalue weighted by atomic mass is 19.1. The number of carbonyl (C=O) groups is 1. The average Bonchev–Trinajstić information content (AvgIpc) is 2.92. The summed E-state index contributed by atoms with van der Waals surface area (Å²) >= 11 is 0. The van der Waals surface area contributed by atoms with Gasteiger partial charge in [-0.2, -0.15) is 0 Å². The minimum Gasteiger partial charge on any atom is -0.335 e. The van der Waals surface area contributed by atoms with Gasteiger partial charge in [-0.25, -0.2) is 8.78 Å². The van der Waals surface area contributed by atoms with Crippen LogP contribution in [0.25, 0.3) is 0 Å². The number of halogens is 2. The highest BCUT2D eigenvalue weighted by Gasteiger charge is 2.35. The van der Waals surface area contributed by atoms with Crippen molar-refractivity contribution in [2.75, 3.05) is 13.1 Å². The van der Waals surface area contributed by atoms with Crippen LogP contribution in [0, 0.1) is 24.5 Å². The summed E-state index contributed by atoms with van der Waals surface area (Å²) in [5.41, 5.74) is 5.58. The Balaban J connectivity index is 2.35. The summed E-state index contributed by atoms with van der Waals surface area (Å²) in [4.78, 5) is 14.2. The molecule has 2 atom stereocenters. The van der Waals surface area contributed by atoms with Crippen LogP contribution in [-0.2, 0) is 0 Å². The molecule has 1 fully saturated rings. The maximum Gasteiger partial charge on any atom is 0.260 e. The first-order valence-electron chi connectivity index (χ1n) is 7.46. The third-order valence-electron chi connectivity index (χ3n) is 4.42. The summed E-state index contributed by atoms with van der Waals surface area (Å²) in [6, 6.07) is 2.47. The second-order valence-corrected chi connectivity index (χ2v) is 5.64. The lowest BCUT2D eigenvalue weighted by Crippen LogP contribution is -2.44. The van der Waals surface area contributed by atoms with Crippen molar-refractivity contribution in [1.82, 2.24) is 4.90 Å². The molecule has 1 aliphatic rings. The van der Waals surface area contributed by atoms with E-state index in [1.54, 1.807) is 4.90 Å². The van der Waals surface area contributed by atoms with Crippen molar-refractivity contribution in [2.45, 2.75) is 39.2 Å². The standard InChI is InChI=1S/C16H22F2N2O/c1-3-20(13-6-4-5-11(13)9-19)16(21)14-12(17)8-7-10(2)15(14)18/h7-8,11,13H,3-6,9,19H2,1-2H3. The van der Waals surface area contributed by atoms with Gasteiger partial charge in [0.25, 0.3) is 5.91 Å². The van der Waals surface area contributed by atoms with Crippen molar-refractivity contribution in [3.05, 3.63) is 34.9 Å². The topological polar surface area (TPSA) is 46.3 Å². The number of hydrogen-bond acceptors (Lipinski definition) is 2. The third kappa shape index (κ3) is 2.93. The van der Waals surface area contributed by atoms with Crippen LogP contribution in [-0.4, -0.2) is 29.9 Å². The van der Waals surface area contributed by atoms with E-state index in [-0.39, 0.29) is 17.5 Å². The van der Waals surface area contributed by atoms with E-state index in [9.17, 15) is 13.6 Å². The maximum absolute atomic E-state index is 14.2. The molecule has 1 saturated carbocycles. The highest BCUT2D eigenvalue weighted by molar-refractivity contribution is 5.95. The Hall–Kier alpha value is -1.49.